The predicted octanol–water partition coefficient (Wildman–Crippen LogP) is 4.55. The van der Waals surface area contributed by atoms with Gasteiger partial charge in [0.15, 0.2) is 0 Å². The number of hydrogen-bond acceptors (Lipinski definition) is 6. The summed E-state index contributed by atoms with van der Waals surface area (Å²) in [5, 5.41) is 0.761. The van der Waals surface area contributed by atoms with Crippen molar-refractivity contribution in [1.29, 1.82) is 0 Å². The summed E-state index contributed by atoms with van der Waals surface area (Å²) in [7, 11) is -4.00. The zero-order chi connectivity index (χ0) is 25.7. The third-order valence-corrected chi connectivity index (χ3v) is 7.22. The SMILES string of the molecule is CCCc1cc(=O)oc2cc(OC(=O)C(Cc3ccccc3)NS(=O)(=O)c3ccc(C)cc3)ccc12. The molecule has 36 heavy (non-hydrogen) atoms. The van der Waals surface area contributed by atoms with Gasteiger partial charge in [0.2, 0.25) is 10.0 Å². The van der Waals surface area contributed by atoms with Gasteiger partial charge in [-0.1, -0.05) is 61.4 Å². The van der Waals surface area contributed by atoms with Crippen LogP contribution in [0.15, 0.2) is 93.0 Å². The standard InChI is InChI=1S/C28H27NO6S/c1-3-7-21-17-27(30)35-26-18-22(12-15-24(21)26)34-28(31)25(16-20-8-5-4-6-9-20)29-36(32,33)23-13-10-19(2)11-14-23/h4-6,8-15,17-18,25,29H,3,7,16H2,1-2H3. The predicted molar refractivity (Wildman–Crippen MR) is 138 cm³/mol. The Labute approximate surface area is 209 Å². The summed E-state index contributed by atoms with van der Waals surface area (Å²) >= 11 is 0. The van der Waals surface area contributed by atoms with Crippen LogP contribution in [0.2, 0.25) is 0 Å². The van der Waals surface area contributed by atoms with E-state index < -0.39 is 27.7 Å². The monoisotopic (exact) mass is 505 g/mol. The largest absolute Gasteiger partial charge is 0.425 e. The van der Waals surface area contributed by atoms with Crippen molar-refractivity contribution < 1.29 is 22.4 Å². The number of esters is 1. The second-order valence-corrected chi connectivity index (χ2v) is 10.3. The fourth-order valence-corrected chi connectivity index (χ4v) is 5.12. The number of rotatable bonds is 9. The Morgan fingerprint density at radius 3 is 2.42 bits per heavy atom. The van der Waals surface area contributed by atoms with E-state index in [9.17, 15) is 18.0 Å². The normalized spacial score (nSPS) is 12.4. The van der Waals surface area contributed by atoms with Crippen LogP contribution in [0.4, 0.5) is 0 Å². The summed E-state index contributed by atoms with van der Waals surface area (Å²) < 4.78 is 39.5. The van der Waals surface area contributed by atoms with Crippen molar-refractivity contribution in [2.24, 2.45) is 0 Å². The molecule has 1 heterocycles. The van der Waals surface area contributed by atoms with Crippen molar-refractivity contribution in [3.63, 3.8) is 0 Å². The van der Waals surface area contributed by atoms with Crippen LogP contribution >= 0.6 is 0 Å². The van der Waals surface area contributed by atoms with Crippen LogP contribution in [0.5, 0.6) is 5.75 Å². The van der Waals surface area contributed by atoms with Gasteiger partial charge in [0, 0.05) is 17.5 Å². The van der Waals surface area contributed by atoms with Crippen molar-refractivity contribution in [1.82, 2.24) is 4.72 Å². The van der Waals surface area contributed by atoms with Crippen LogP contribution in [0.1, 0.15) is 30.0 Å². The van der Waals surface area contributed by atoms with Gasteiger partial charge >= 0.3 is 11.6 Å². The molecule has 1 unspecified atom stereocenters. The van der Waals surface area contributed by atoms with E-state index in [1.165, 1.54) is 24.3 Å². The highest BCUT2D eigenvalue weighted by Gasteiger charge is 2.28. The Hall–Kier alpha value is -3.75. The van der Waals surface area contributed by atoms with Gasteiger partial charge < -0.3 is 9.15 Å². The number of nitrogens with one attached hydrogen (secondary N) is 1. The lowest BCUT2D eigenvalue weighted by Crippen LogP contribution is -2.44. The molecule has 1 N–H and O–H groups in total. The summed E-state index contributed by atoms with van der Waals surface area (Å²) in [4.78, 5) is 25.2. The fraction of sp³-hybridized carbons (Fsp3) is 0.214. The van der Waals surface area contributed by atoms with Crippen LogP contribution in [0.25, 0.3) is 11.0 Å². The third kappa shape index (κ3) is 6.08. The maximum atomic E-state index is 13.2. The molecule has 186 valence electrons. The average molecular weight is 506 g/mol. The molecule has 1 aromatic heterocycles. The summed E-state index contributed by atoms with van der Waals surface area (Å²) in [6, 6.07) is 20.5. The molecule has 0 amide bonds. The summed E-state index contributed by atoms with van der Waals surface area (Å²) in [5.41, 5.74) is 2.35. The zero-order valence-corrected chi connectivity index (χ0v) is 20.9. The van der Waals surface area contributed by atoms with E-state index in [4.69, 9.17) is 9.15 Å². The topological polar surface area (TPSA) is 103 Å². The van der Waals surface area contributed by atoms with Gasteiger partial charge in [0.25, 0.3) is 0 Å². The Bertz CT molecular complexity index is 1530. The lowest BCUT2D eigenvalue weighted by molar-refractivity contribution is -0.136. The highest BCUT2D eigenvalue weighted by molar-refractivity contribution is 7.89. The Morgan fingerprint density at radius 1 is 1.00 bits per heavy atom. The molecule has 4 aromatic rings. The molecule has 4 rings (SSSR count). The first-order valence-electron chi connectivity index (χ1n) is 11.7. The highest BCUT2D eigenvalue weighted by atomic mass is 32.2. The number of aryl methyl sites for hydroxylation is 2. The molecule has 0 saturated carbocycles. The first-order valence-corrected chi connectivity index (χ1v) is 13.1. The molecule has 0 radical (unpaired) electrons. The van der Waals surface area contributed by atoms with Gasteiger partial charge in [-0.05, 0) is 55.2 Å². The molecule has 0 aliphatic rings. The van der Waals surface area contributed by atoms with Crippen LogP contribution in [0, 0.1) is 6.92 Å². The number of fused-ring (bicyclic) bond motifs is 1. The van der Waals surface area contributed by atoms with Gasteiger partial charge in [-0.3, -0.25) is 0 Å². The number of benzene rings is 3. The van der Waals surface area contributed by atoms with E-state index in [0.29, 0.717) is 12.0 Å². The molecule has 7 nitrogen and oxygen atoms in total. The van der Waals surface area contributed by atoms with Crippen molar-refractivity contribution in [2.45, 2.75) is 44.0 Å². The van der Waals surface area contributed by atoms with E-state index >= 15 is 0 Å². The maximum Gasteiger partial charge on any atom is 0.336 e. The Kier molecular flexibility index (Phi) is 7.67. The van der Waals surface area contributed by atoms with Crippen LogP contribution < -0.4 is 15.1 Å². The van der Waals surface area contributed by atoms with Crippen LogP contribution in [-0.4, -0.2) is 20.4 Å². The number of hydrogen-bond donors (Lipinski definition) is 1. The van der Waals surface area contributed by atoms with E-state index in [1.807, 2.05) is 32.0 Å². The number of carbonyl (C=O) groups is 1. The van der Waals surface area contributed by atoms with Crippen molar-refractivity contribution in [2.75, 3.05) is 0 Å². The zero-order valence-electron chi connectivity index (χ0n) is 20.1. The highest BCUT2D eigenvalue weighted by Crippen LogP contribution is 2.24. The molecular formula is C28H27NO6S. The lowest BCUT2D eigenvalue weighted by atomic mass is 10.1. The number of ether oxygens (including phenoxy) is 1. The minimum atomic E-state index is -4.00. The van der Waals surface area contributed by atoms with Crippen LogP contribution in [-0.2, 0) is 27.7 Å². The van der Waals surface area contributed by atoms with E-state index in [0.717, 1.165) is 28.5 Å². The molecule has 0 bridgehead atoms. The molecule has 0 aliphatic carbocycles. The summed E-state index contributed by atoms with van der Waals surface area (Å²) in [5.74, 6) is -0.627. The molecule has 1 atom stereocenters. The van der Waals surface area contributed by atoms with Gasteiger partial charge in [0.05, 0.1) is 4.90 Å². The summed E-state index contributed by atoms with van der Waals surface area (Å²) in [6.45, 7) is 3.87. The van der Waals surface area contributed by atoms with Gasteiger partial charge in [-0.25, -0.2) is 18.0 Å². The minimum Gasteiger partial charge on any atom is -0.425 e. The first kappa shape index (κ1) is 25.3. The van der Waals surface area contributed by atoms with Crippen LogP contribution in [0.3, 0.4) is 0 Å². The van der Waals surface area contributed by atoms with E-state index in [1.54, 1.807) is 36.4 Å². The molecule has 3 aromatic carbocycles. The Balaban J connectivity index is 1.62. The maximum absolute atomic E-state index is 13.2. The van der Waals surface area contributed by atoms with E-state index in [-0.39, 0.29) is 17.1 Å². The van der Waals surface area contributed by atoms with Gasteiger partial charge in [-0.2, -0.15) is 4.72 Å². The quantitative estimate of drug-likeness (QED) is 0.203. The van der Waals surface area contributed by atoms with E-state index in [2.05, 4.69) is 4.72 Å². The fourth-order valence-electron chi connectivity index (χ4n) is 3.93. The molecule has 8 heteroatoms. The molecule has 0 aliphatic heterocycles. The summed E-state index contributed by atoms with van der Waals surface area (Å²) in [6.07, 6.45) is 1.66. The molecular weight excluding hydrogens is 478 g/mol. The molecule has 0 spiro atoms. The number of sulfonamides is 1. The lowest BCUT2D eigenvalue weighted by Gasteiger charge is -2.18. The number of carbonyl (C=O) groups excluding carboxylic acids is 1. The van der Waals surface area contributed by atoms with Crippen molar-refractivity contribution in [3.8, 4) is 5.75 Å². The molecule has 0 fully saturated rings. The van der Waals surface area contributed by atoms with Crippen molar-refractivity contribution in [3.05, 3.63) is 106 Å². The Morgan fingerprint density at radius 2 is 1.72 bits per heavy atom. The van der Waals surface area contributed by atoms with Gasteiger partial charge in [0.1, 0.15) is 17.4 Å². The second kappa shape index (κ2) is 10.9. The molecule has 0 saturated heterocycles. The smallest absolute Gasteiger partial charge is 0.336 e. The van der Waals surface area contributed by atoms with Crippen molar-refractivity contribution >= 4 is 27.0 Å². The first-order chi connectivity index (χ1) is 17.2. The minimum absolute atomic E-state index is 0.0508. The average Bonchev–Trinajstić information content (AvgIpc) is 2.84. The second-order valence-electron chi connectivity index (χ2n) is 8.60. The van der Waals surface area contributed by atoms with Gasteiger partial charge in [-0.15, -0.1) is 0 Å². The third-order valence-electron chi connectivity index (χ3n) is 5.74.